The third kappa shape index (κ3) is 9.29. The average Bonchev–Trinajstić information content (AvgIpc) is 2.99. The highest BCUT2D eigenvalue weighted by molar-refractivity contribution is 8.00. The topological polar surface area (TPSA) is 147 Å². The highest BCUT2D eigenvalue weighted by atomic mass is 35.5. The largest absolute Gasteiger partial charge is 0.325 e. The summed E-state index contributed by atoms with van der Waals surface area (Å²) in [6.07, 6.45) is 1.56. The van der Waals surface area contributed by atoms with Gasteiger partial charge in [-0.15, -0.1) is 11.8 Å². The van der Waals surface area contributed by atoms with Gasteiger partial charge in [0.05, 0.1) is 10.1 Å². The highest BCUT2D eigenvalue weighted by Crippen LogP contribution is 2.26. The van der Waals surface area contributed by atoms with Crippen molar-refractivity contribution in [3.8, 4) is 0 Å². The van der Waals surface area contributed by atoms with Crippen LogP contribution >= 0.6 is 23.4 Å². The number of amides is 3. The van der Waals surface area contributed by atoms with Gasteiger partial charge in [0.2, 0.25) is 15.9 Å². The monoisotopic (exact) mass is 634 g/mol. The molecule has 0 heterocycles. The molecule has 0 aliphatic heterocycles. The second-order valence-electron chi connectivity index (χ2n) is 9.23. The molecule has 0 aliphatic carbocycles. The number of halogens is 1. The fourth-order valence-electron chi connectivity index (χ4n) is 3.71. The van der Waals surface area contributed by atoms with Crippen molar-refractivity contribution in [3.63, 3.8) is 0 Å². The molecule has 5 N–H and O–H groups in total. The van der Waals surface area contributed by atoms with E-state index >= 15 is 0 Å². The van der Waals surface area contributed by atoms with Crippen LogP contribution in [0.5, 0.6) is 0 Å². The van der Waals surface area contributed by atoms with Crippen LogP contribution in [0.25, 0.3) is 6.08 Å². The van der Waals surface area contributed by atoms with E-state index in [1.807, 2.05) is 0 Å². The maximum Gasteiger partial charge on any atom is 0.272 e. The molecule has 220 valence electrons. The van der Waals surface area contributed by atoms with Gasteiger partial charge >= 0.3 is 0 Å². The first-order valence-corrected chi connectivity index (χ1v) is 15.6. The summed E-state index contributed by atoms with van der Waals surface area (Å²) in [6, 6.07) is 27.8. The van der Waals surface area contributed by atoms with Gasteiger partial charge in [0, 0.05) is 26.9 Å². The zero-order chi connectivity index (χ0) is 31.0. The number of carbonyl (C=O) groups is 3. The number of hydrogen-bond donors (Lipinski definition) is 4. The van der Waals surface area contributed by atoms with E-state index in [-0.39, 0.29) is 16.5 Å². The number of nitrogens with two attached hydrogens (primary N) is 1. The van der Waals surface area contributed by atoms with Crippen molar-refractivity contribution < 1.29 is 22.8 Å². The van der Waals surface area contributed by atoms with Crippen LogP contribution in [-0.4, -0.2) is 31.4 Å². The Hall–Kier alpha value is -4.42. The molecule has 0 aliphatic rings. The molecule has 9 nitrogen and oxygen atoms in total. The number of thioether (sulfide) groups is 1. The number of benzene rings is 4. The predicted octanol–water partition coefficient (Wildman–Crippen LogP) is 5.52. The van der Waals surface area contributed by atoms with Crippen LogP contribution in [0, 0.1) is 0 Å². The number of primary sulfonamides is 1. The molecule has 0 fully saturated rings. The van der Waals surface area contributed by atoms with Crippen LogP contribution in [-0.2, 0) is 19.6 Å². The minimum absolute atomic E-state index is 0.0389. The summed E-state index contributed by atoms with van der Waals surface area (Å²) in [4.78, 5) is 39.4. The van der Waals surface area contributed by atoms with Crippen LogP contribution in [0.3, 0.4) is 0 Å². The van der Waals surface area contributed by atoms with Crippen LogP contribution in [0.15, 0.2) is 119 Å². The number of carbonyl (C=O) groups excluding carboxylic acids is 3. The molecule has 1 unspecified atom stereocenters. The van der Waals surface area contributed by atoms with Gasteiger partial charge in [0.25, 0.3) is 11.8 Å². The molecule has 0 aromatic heterocycles. The Morgan fingerprint density at radius 2 is 1.40 bits per heavy atom. The zero-order valence-electron chi connectivity index (χ0n) is 22.8. The van der Waals surface area contributed by atoms with E-state index in [9.17, 15) is 22.8 Å². The molecule has 12 heteroatoms. The van der Waals surface area contributed by atoms with Gasteiger partial charge in [-0.2, -0.15) is 0 Å². The second-order valence-corrected chi connectivity index (χ2v) is 12.6. The number of nitrogens with one attached hydrogen (secondary N) is 3. The lowest BCUT2D eigenvalue weighted by Crippen LogP contribution is -2.30. The SMILES string of the molecule is CC(Sc1ccc(NC(=O)/C(=C/c2ccc(Cl)cc2)NC(=O)c2ccccc2)cc1)C(=O)Nc1ccc(S(N)(=O)=O)cc1. The molecule has 4 aromatic carbocycles. The van der Waals surface area contributed by atoms with Gasteiger partial charge in [-0.25, -0.2) is 13.6 Å². The standard InChI is InChI=1S/C31H27ClN4O5S2/c1-20(29(37)34-25-13-17-27(18-14-25)43(33,40)41)42-26-15-11-24(12-16-26)35-31(39)28(19-21-7-9-23(32)10-8-21)36-30(38)22-5-3-2-4-6-22/h2-20H,1H3,(H,34,37)(H,35,39)(H,36,38)(H2,33,40,41)/b28-19-. The van der Waals surface area contributed by atoms with E-state index < -0.39 is 27.1 Å². The first-order chi connectivity index (χ1) is 20.5. The molecular formula is C31H27ClN4O5S2. The normalized spacial score (nSPS) is 12.2. The summed E-state index contributed by atoms with van der Waals surface area (Å²) in [7, 11) is -3.82. The van der Waals surface area contributed by atoms with E-state index in [4.69, 9.17) is 16.7 Å². The van der Waals surface area contributed by atoms with Gasteiger partial charge < -0.3 is 16.0 Å². The molecule has 4 rings (SSSR count). The number of hydrogen-bond acceptors (Lipinski definition) is 6. The van der Waals surface area contributed by atoms with Gasteiger partial charge in [-0.1, -0.05) is 41.9 Å². The lowest BCUT2D eigenvalue weighted by Gasteiger charge is -2.14. The Bertz CT molecular complexity index is 1750. The van der Waals surface area contributed by atoms with E-state index in [2.05, 4.69) is 16.0 Å². The molecule has 0 spiro atoms. The molecule has 0 saturated heterocycles. The minimum Gasteiger partial charge on any atom is -0.325 e. The average molecular weight is 635 g/mol. The first-order valence-electron chi connectivity index (χ1n) is 12.8. The molecule has 4 aromatic rings. The molecule has 43 heavy (non-hydrogen) atoms. The van der Waals surface area contributed by atoms with Gasteiger partial charge in [-0.3, -0.25) is 14.4 Å². The molecule has 0 bridgehead atoms. The van der Waals surface area contributed by atoms with Crippen molar-refractivity contribution in [2.45, 2.75) is 22.0 Å². The Morgan fingerprint density at radius 1 is 0.814 bits per heavy atom. The van der Waals surface area contributed by atoms with Crippen molar-refractivity contribution in [2.24, 2.45) is 5.14 Å². The van der Waals surface area contributed by atoms with Crippen molar-refractivity contribution in [1.29, 1.82) is 0 Å². The Kier molecular flexibility index (Phi) is 10.4. The number of sulfonamides is 1. The Balaban J connectivity index is 1.40. The molecule has 3 amide bonds. The van der Waals surface area contributed by atoms with Crippen LogP contribution in [0.4, 0.5) is 11.4 Å². The third-order valence-corrected chi connectivity index (χ3v) is 8.25. The Morgan fingerprint density at radius 3 is 2.00 bits per heavy atom. The molecule has 0 radical (unpaired) electrons. The van der Waals surface area contributed by atoms with Gasteiger partial charge in [0.15, 0.2) is 0 Å². The predicted molar refractivity (Wildman–Crippen MR) is 170 cm³/mol. The van der Waals surface area contributed by atoms with Crippen molar-refractivity contribution in [2.75, 3.05) is 10.6 Å². The van der Waals surface area contributed by atoms with Crippen molar-refractivity contribution in [3.05, 3.63) is 125 Å². The van der Waals surface area contributed by atoms with E-state index in [0.717, 1.165) is 4.90 Å². The number of anilines is 2. The first kappa shape index (κ1) is 31.5. The zero-order valence-corrected chi connectivity index (χ0v) is 25.2. The maximum atomic E-state index is 13.2. The second kappa shape index (κ2) is 14.2. The van der Waals surface area contributed by atoms with Crippen LogP contribution in [0.1, 0.15) is 22.8 Å². The maximum absolute atomic E-state index is 13.2. The lowest BCUT2D eigenvalue weighted by molar-refractivity contribution is -0.115. The molecular weight excluding hydrogens is 608 g/mol. The van der Waals surface area contributed by atoms with E-state index in [1.165, 1.54) is 36.0 Å². The van der Waals surface area contributed by atoms with Crippen molar-refractivity contribution >= 4 is 68.6 Å². The van der Waals surface area contributed by atoms with Crippen molar-refractivity contribution in [1.82, 2.24) is 5.32 Å². The quantitative estimate of drug-likeness (QED) is 0.133. The van der Waals surface area contributed by atoms with Crippen LogP contribution < -0.4 is 21.1 Å². The summed E-state index contributed by atoms with van der Waals surface area (Å²) in [6.45, 7) is 1.73. The summed E-state index contributed by atoms with van der Waals surface area (Å²) >= 11 is 7.28. The van der Waals surface area contributed by atoms with E-state index in [0.29, 0.717) is 27.5 Å². The fourth-order valence-corrected chi connectivity index (χ4v) is 5.22. The van der Waals surface area contributed by atoms with Crippen LogP contribution in [0.2, 0.25) is 5.02 Å². The van der Waals surface area contributed by atoms with E-state index in [1.54, 1.807) is 91.9 Å². The molecule has 0 saturated carbocycles. The summed E-state index contributed by atoms with van der Waals surface area (Å²) in [5, 5.41) is 13.4. The van der Waals surface area contributed by atoms with Gasteiger partial charge in [-0.05, 0) is 91.4 Å². The summed E-state index contributed by atoms with van der Waals surface area (Å²) in [5.74, 6) is -1.24. The van der Waals surface area contributed by atoms with Gasteiger partial charge in [0.1, 0.15) is 5.70 Å². The number of rotatable bonds is 10. The summed E-state index contributed by atoms with van der Waals surface area (Å²) < 4.78 is 22.8. The fraction of sp³-hybridized carbons (Fsp3) is 0.0645. The smallest absolute Gasteiger partial charge is 0.272 e. The Labute approximate surface area is 258 Å². The highest BCUT2D eigenvalue weighted by Gasteiger charge is 2.17. The molecule has 1 atom stereocenters. The summed E-state index contributed by atoms with van der Waals surface area (Å²) in [5.41, 5.74) is 2.03. The lowest BCUT2D eigenvalue weighted by atomic mass is 10.1. The third-order valence-electron chi connectivity index (χ3n) is 5.95. The minimum atomic E-state index is -3.82.